The summed E-state index contributed by atoms with van der Waals surface area (Å²) in [7, 11) is 1.66. The molecule has 0 heterocycles. The molecule has 0 aliphatic heterocycles. The van der Waals surface area contributed by atoms with Crippen molar-refractivity contribution in [3.8, 4) is 6.07 Å². The highest BCUT2D eigenvalue weighted by molar-refractivity contribution is 4.90. The van der Waals surface area contributed by atoms with Gasteiger partial charge in [0.25, 0.3) is 0 Å². The first-order valence-corrected chi connectivity index (χ1v) is 5.38. The standard InChI is InChI=1S/C11H19NO2/c1-13-7-8-14-11-6-4-2-3-5-10(11)9-12/h10-11H,2-8H2,1H3. The highest BCUT2D eigenvalue weighted by Crippen LogP contribution is 2.25. The Bertz CT molecular complexity index is 188. The number of rotatable bonds is 4. The van der Waals surface area contributed by atoms with Crippen LogP contribution in [0.4, 0.5) is 0 Å². The Morgan fingerprint density at radius 3 is 2.71 bits per heavy atom. The van der Waals surface area contributed by atoms with Crippen molar-refractivity contribution < 1.29 is 9.47 Å². The van der Waals surface area contributed by atoms with Gasteiger partial charge in [-0.3, -0.25) is 0 Å². The van der Waals surface area contributed by atoms with Crippen molar-refractivity contribution in [2.75, 3.05) is 20.3 Å². The molecule has 0 N–H and O–H groups in total. The molecule has 2 unspecified atom stereocenters. The summed E-state index contributed by atoms with van der Waals surface area (Å²) < 4.78 is 10.6. The van der Waals surface area contributed by atoms with Gasteiger partial charge >= 0.3 is 0 Å². The van der Waals surface area contributed by atoms with E-state index in [1.54, 1.807) is 7.11 Å². The van der Waals surface area contributed by atoms with Gasteiger partial charge in [-0.2, -0.15) is 5.26 Å². The van der Waals surface area contributed by atoms with Crippen LogP contribution in [0.5, 0.6) is 0 Å². The van der Waals surface area contributed by atoms with E-state index in [2.05, 4.69) is 6.07 Å². The fraction of sp³-hybridized carbons (Fsp3) is 0.909. The van der Waals surface area contributed by atoms with Gasteiger partial charge in [-0.05, 0) is 12.8 Å². The zero-order chi connectivity index (χ0) is 10.2. The van der Waals surface area contributed by atoms with Gasteiger partial charge in [-0.1, -0.05) is 19.3 Å². The SMILES string of the molecule is COCCOC1CCCCCC1C#N. The van der Waals surface area contributed by atoms with Crippen LogP contribution in [-0.4, -0.2) is 26.4 Å². The molecule has 1 aliphatic carbocycles. The van der Waals surface area contributed by atoms with Gasteiger partial charge in [0.15, 0.2) is 0 Å². The molecule has 3 nitrogen and oxygen atoms in total. The predicted molar refractivity (Wildman–Crippen MR) is 53.8 cm³/mol. The van der Waals surface area contributed by atoms with Gasteiger partial charge in [-0.15, -0.1) is 0 Å². The third-order valence-corrected chi connectivity index (χ3v) is 2.74. The molecule has 14 heavy (non-hydrogen) atoms. The summed E-state index contributed by atoms with van der Waals surface area (Å²) in [6.45, 7) is 1.23. The van der Waals surface area contributed by atoms with Gasteiger partial charge < -0.3 is 9.47 Å². The first-order valence-electron chi connectivity index (χ1n) is 5.38. The monoisotopic (exact) mass is 197 g/mol. The molecule has 0 saturated heterocycles. The largest absolute Gasteiger partial charge is 0.382 e. The first kappa shape index (κ1) is 11.5. The third-order valence-electron chi connectivity index (χ3n) is 2.74. The Balaban J connectivity index is 2.33. The minimum absolute atomic E-state index is 0.0920. The number of nitriles is 1. The molecule has 80 valence electrons. The summed E-state index contributed by atoms with van der Waals surface area (Å²) in [4.78, 5) is 0. The van der Waals surface area contributed by atoms with Crippen molar-refractivity contribution in [2.45, 2.75) is 38.2 Å². The fourth-order valence-corrected chi connectivity index (χ4v) is 1.90. The van der Waals surface area contributed by atoms with Crippen molar-refractivity contribution >= 4 is 0 Å². The maximum Gasteiger partial charge on any atom is 0.0734 e. The molecule has 1 fully saturated rings. The average Bonchev–Trinajstić information content (AvgIpc) is 2.43. The summed E-state index contributed by atoms with van der Waals surface area (Å²) in [5.74, 6) is 0.0920. The summed E-state index contributed by atoms with van der Waals surface area (Å²) in [6, 6.07) is 2.36. The van der Waals surface area contributed by atoms with E-state index in [1.165, 1.54) is 19.3 Å². The summed E-state index contributed by atoms with van der Waals surface area (Å²) in [5, 5.41) is 8.98. The molecule has 1 aliphatic rings. The van der Waals surface area contributed by atoms with E-state index in [9.17, 15) is 0 Å². The summed E-state index contributed by atoms with van der Waals surface area (Å²) in [6.07, 6.45) is 5.76. The van der Waals surface area contributed by atoms with Crippen LogP contribution in [-0.2, 0) is 9.47 Å². The molecule has 0 spiro atoms. The highest BCUT2D eigenvalue weighted by atomic mass is 16.5. The molecule has 0 aromatic carbocycles. The van der Waals surface area contributed by atoms with Gasteiger partial charge in [0.2, 0.25) is 0 Å². The molecule has 1 rings (SSSR count). The number of ether oxygens (including phenoxy) is 2. The molecule has 0 aromatic rings. The molecular weight excluding hydrogens is 178 g/mol. The van der Waals surface area contributed by atoms with Crippen LogP contribution in [0.2, 0.25) is 0 Å². The molecule has 1 saturated carbocycles. The lowest BCUT2D eigenvalue weighted by molar-refractivity contribution is -0.00461. The van der Waals surface area contributed by atoms with Crippen LogP contribution in [0.3, 0.4) is 0 Å². The van der Waals surface area contributed by atoms with Crippen molar-refractivity contribution in [2.24, 2.45) is 5.92 Å². The van der Waals surface area contributed by atoms with E-state index in [0.717, 1.165) is 12.8 Å². The Labute approximate surface area is 86.0 Å². The van der Waals surface area contributed by atoms with E-state index < -0.39 is 0 Å². The van der Waals surface area contributed by atoms with E-state index in [-0.39, 0.29) is 12.0 Å². The minimum atomic E-state index is 0.0920. The average molecular weight is 197 g/mol. The Kier molecular flexibility index (Phi) is 5.58. The molecule has 0 aromatic heterocycles. The minimum Gasteiger partial charge on any atom is -0.382 e. The number of methoxy groups -OCH3 is 1. The molecule has 2 atom stereocenters. The number of hydrogen-bond donors (Lipinski definition) is 0. The second-order valence-corrected chi connectivity index (χ2v) is 3.78. The van der Waals surface area contributed by atoms with Crippen molar-refractivity contribution in [1.82, 2.24) is 0 Å². The van der Waals surface area contributed by atoms with Gasteiger partial charge in [0.05, 0.1) is 31.3 Å². The van der Waals surface area contributed by atoms with E-state index in [1.807, 2.05) is 0 Å². The summed E-state index contributed by atoms with van der Waals surface area (Å²) >= 11 is 0. The smallest absolute Gasteiger partial charge is 0.0734 e. The molecule has 0 radical (unpaired) electrons. The maximum absolute atomic E-state index is 8.98. The predicted octanol–water partition coefficient (Wildman–Crippen LogP) is 2.12. The van der Waals surface area contributed by atoms with Crippen molar-refractivity contribution in [1.29, 1.82) is 5.26 Å². The lowest BCUT2D eigenvalue weighted by atomic mass is 9.99. The van der Waals surface area contributed by atoms with Crippen LogP contribution >= 0.6 is 0 Å². The van der Waals surface area contributed by atoms with Gasteiger partial charge in [-0.25, -0.2) is 0 Å². The molecule has 0 bridgehead atoms. The van der Waals surface area contributed by atoms with Crippen LogP contribution in [0.25, 0.3) is 0 Å². The molecule has 3 heteroatoms. The Hall–Kier alpha value is -0.590. The lowest BCUT2D eigenvalue weighted by Crippen LogP contribution is -2.23. The molecule has 0 amide bonds. The fourth-order valence-electron chi connectivity index (χ4n) is 1.90. The van der Waals surface area contributed by atoms with Crippen LogP contribution in [0.15, 0.2) is 0 Å². The third kappa shape index (κ3) is 3.65. The van der Waals surface area contributed by atoms with E-state index in [4.69, 9.17) is 14.7 Å². The number of nitrogens with zero attached hydrogens (tertiary/aromatic N) is 1. The maximum atomic E-state index is 8.98. The number of hydrogen-bond acceptors (Lipinski definition) is 3. The second kappa shape index (κ2) is 6.80. The highest BCUT2D eigenvalue weighted by Gasteiger charge is 2.23. The topological polar surface area (TPSA) is 42.2 Å². The van der Waals surface area contributed by atoms with Crippen LogP contribution in [0, 0.1) is 17.2 Å². The Morgan fingerprint density at radius 1 is 1.21 bits per heavy atom. The van der Waals surface area contributed by atoms with Crippen LogP contribution < -0.4 is 0 Å². The van der Waals surface area contributed by atoms with E-state index in [0.29, 0.717) is 13.2 Å². The second-order valence-electron chi connectivity index (χ2n) is 3.78. The Morgan fingerprint density at radius 2 is 2.00 bits per heavy atom. The first-order chi connectivity index (χ1) is 6.88. The zero-order valence-corrected chi connectivity index (χ0v) is 8.87. The van der Waals surface area contributed by atoms with Gasteiger partial charge in [0.1, 0.15) is 0 Å². The van der Waals surface area contributed by atoms with Crippen molar-refractivity contribution in [3.63, 3.8) is 0 Å². The molecular formula is C11H19NO2. The van der Waals surface area contributed by atoms with Crippen molar-refractivity contribution in [3.05, 3.63) is 0 Å². The van der Waals surface area contributed by atoms with E-state index >= 15 is 0 Å². The summed E-state index contributed by atoms with van der Waals surface area (Å²) in [5.41, 5.74) is 0. The van der Waals surface area contributed by atoms with Crippen LogP contribution in [0.1, 0.15) is 32.1 Å². The normalized spacial score (nSPS) is 28.0. The zero-order valence-electron chi connectivity index (χ0n) is 8.87. The quantitative estimate of drug-likeness (QED) is 0.512. The van der Waals surface area contributed by atoms with Gasteiger partial charge in [0, 0.05) is 7.11 Å². The lowest BCUT2D eigenvalue weighted by Gasteiger charge is -2.19.